The van der Waals surface area contributed by atoms with Crippen LogP contribution in [0.2, 0.25) is 5.02 Å². The molecule has 1 aromatic heterocycles. The zero-order valence-electron chi connectivity index (χ0n) is 12.8. The molecule has 0 fully saturated rings. The first kappa shape index (κ1) is 15.5. The van der Waals surface area contributed by atoms with Crippen molar-refractivity contribution >= 4 is 22.5 Å². The van der Waals surface area contributed by atoms with Gasteiger partial charge in [0.25, 0.3) is 0 Å². The second-order valence-corrected chi connectivity index (χ2v) is 6.07. The van der Waals surface area contributed by atoms with Gasteiger partial charge < -0.3 is 10.2 Å². The number of aromatic nitrogens is 2. The van der Waals surface area contributed by atoms with Gasteiger partial charge in [0.15, 0.2) is 11.6 Å². The fraction of sp³-hybridized carbons (Fsp3) is 0. The first-order chi connectivity index (χ1) is 12.0. The fourth-order valence-electron chi connectivity index (χ4n) is 2.77. The molecule has 0 aliphatic rings. The van der Waals surface area contributed by atoms with Gasteiger partial charge in [-0.2, -0.15) is 5.10 Å². The third-order valence-corrected chi connectivity index (χ3v) is 4.37. The average Bonchev–Trinajstić information content (AvgIpc) is 3.03. The molecular formula is C19H12ClFN2O2. The monoisotopic (exact) mass is 354 g/mol. The van der Waals surface area contributed by atoms with Gasteiger partial charge in [0.1, 0.15) is 11.4 Å². The number of aromatic hydroxyl groups is 2. The number of fused-ring (bicyclic) bond motifs is 1. The second kappa shape index (κ2) is 5.79. The van der Waals surface area contributed by atoms with Crippen molar-refractivity contribution in [1.82, 2.24) is 10.2 Å². The Morgan fingerprint density at radius 3 is 2.32 bits per heavy atom. The summed E-state index contributed by atoms with van der Waals surface area (Å²) >= 11 is 5.97. The van der Waals surface area contributed by atoms with E-state index in [1.807, 2.05) is 18.2 Å². The highest BCUT2D eigenvalue weighted by molar-refractivity contribution is 6.32. The highest BCUT2D eigenvalue weighted by Crippen LogP contribution is 2.34. The number of halogens is 2. The smallest absolute Gasteiger partial charge is 0.164 e. The molecule has 0 saturated carbocycles. The second-order valence-electron chi connectivity index (χ2n) is 5.66. The lowest BCUT2D eigenvalue weighted by molar-refractivity contribution is 0.432. The predicted molar refractivity (Wildman–Crippen MR) is 95.3 cm³/mol. The topological polar surface area (TPSA) is 69.1 Å². The van der Waals surface area contributed by atoms with E-state index >= 15 is 0 Å². The largest absolute Gasteiger partial charge is 0.506 e. The Hall–Kier alpha value is -3.05. The van der Waals surface area contributed by atoms with Crippen molar-refractivity contribution in [2.75, 3.05) is 0 Å². The van der Waals surface area contributed by atoms with Crippen molar-refractivity contribution in [1.29, 1.82) is 0 Å². The number of phenols is 2. The molecule has 0 aliphatic carbocycles. The summed E-state index contributed by atoms with van der Waals surface area (Å²) in [6, 6.07) is 14.8. The number of aromatic amines is 1. The van der Waals surface area contributed by atoms with Gasteiger partial charge in [-0.25, -0.2) is 4.39 Å². The van der Waals surface area contributed by atoms with Crippen molar-refractivity contribution in [2.24, 2.45) is 0 Å². The molecule has 0 unspecified atom stereocenters. The Kier molecular flexibility index (Phi) is 3.58. The van der Waals surface area contributed by atoms with E-state index in [-0.39, 0.29) is 10.8 Å². The van der Waals surface area contributed by atoms with Crippen molar-refractivity contribution in [2.45, 2.75) is 0 Å². The van der Waals surface area contributed by atoms with Gasteiger partial charge in [0.05, 0.1) is 10.5 Å². The third kappa shape index (κ3) is 2.68. The van der Waals surface area contributed by atoms with Crippen molar-refractivity contribution in [3.63, 3.8) is 0 Å². The highest BCUT2D eigenvalue weighted by Gasteiger charge is 2.12. The SMILES string of the molecule is Oc1cc(-c2n[nH]c3cc(-c4ccc(O)c(Cl)c4)ccc23)ccc1F. The van der Waals surface area contributed by atoms with Crippen LogP contribution in [-0.4, -0.2) is 20.4 Å². The molecule has 6 heteroatoms. The standard InChI is InChI=1S/C19H12ClFN2O2/c20-14-7-10(3-6-17(14)24)11-1-4-13-16(8-11)22-23-19(13)12-2-5-15(21)18(25)9-12/h1-9,24-25H,(H,22,23). The summed E-state index contributed by atoms with van der Waals surface area (Å²) in [6.45, 7) is 0. The number of nitrogens with zero attached hydrogens (tertiary/aromatic N) is 1. The van der Waals surface area contributed by atoms with Crippen molar-refractivity contribution < 1.29 is 14.6 Å². The lowest BCUT2D eigenvalue weighted by atomic mass is 10.0. The molecule has 4 rings (SSSR count). The molecule has 1 heterocycles. The van der Waals surface area contributed by atoms with Crippen LogP contribution in [0.1, 0.15) is 0 Å². The molecule has 4 aromatic rings. The number of H-pyrrole nitrogens is 1. The molecule has 0 spiro atoms. The zero-order chi connectivity index (χ0) is 17.6. The molecule has 0 bridgehead atoms. The number of nitrogens with one attached hydrogen (secondary N) is 1. The Balaban J connectivity index is 1.81. The van der Waals surface area contributed by atoms with Crippen LogP contribution in [0.4, 0.5) is 4.39 Å². The van der Waals surface area contributed by atoms with Gasteiger partial charge in [0.2, 0.25) is 0 Å². The quantitative estimate of drug-likeness (QED) is 0.469. The predicted octanol–water partition coefficient (Wildman–Crippen LogP) is 5.10. The molecule has 25 heavy (non-hydrogen) atoms. The normalized spacial score (nSPS) is 11.1. The maximum absolute atomic E-state index is 13.2. The molecule has 0 aliphatic heterocycles. The summed E-state index contributed by atoms with van der Waals surface area (Å²) in [4.78, 5) is 0. The van der Waals surface area contributed by atoms with Crippen molar-refractivity contribution in [3.8, 4) is 33.9 Å². The van der Waals surface area contributed by atoms with E-state index in [4.69, 9.17) is 11.6 Å². The zero-order valence-corrected chi connectivity index (χ0v) is 13.5. The van der Waals surface area contributed by atoms with Gasteiger partial charge in [-0.1, -0.05) is 23.7 Å². The minimum atomic E-state index is -0.671. The van der Waals surface area contributed by atoms with Gasteiger partial charge in [-0.3, -0.25) is 5.10 Å². The van der Waals surface area contributed by atoms with Gasteiger partial charge in [-0.15, -0.1) is 0 Å². The highest BCUT2D eigenvalue weighted by atomic mass is 35.5. The van der Waals surface area contributed by atoms with Gasteiger partial charge in [0, 0.05) is 10.9 Å². The molecule has 4 nitrogen and oxygen atoms in total. The number of benzene rings is 3. The minimum absolute atomic E-state index is 0.0337. The number of phenolic OH excluding ortho intramolecular Hbond substituents is 2. The Morgan fingerprint density at radius 2 is 1.56 bits per heavy atom. The van der Waals surface area contributed by atoms with Gasteiger partial charge >= 0.3 is 0 Å². The van der Waals surface area contributed by atoms with Crippen LogP contribution >= 0.6 is 11.6 Å². The minimum Gasteiger partial charge on any atom is -0.506 e. The van der Waals surface area contributed by atoms with E-state index in [1.54, 1.807) is 24.3 Å². The van der Waals surface area contributed by atoms with Crippen LogP contribution in [0.25, 0.3) is 33.3 Å². The molecular weight excluding hydrogens is 343 g/mol. The number of rotatable bonds is 2. The van der Waals surface area contributed by atoms with E-state index in [9.17, 15) is 14.6 Å². The van der Waals surface area contributed by atoms with Gasteiger partial charge in [-0.05, 0) is 53.6 Å². The van der Waals surface area contributed by atoms with Crippen LogP contribution in [0.5, 0.6) is 11.5 Å². The van der Waals surface area contributed by atoms with Crippen LogP contribution in [0.3, 0.4) is 0 Å². The first-order valence-electron chi connectivity index (χ1n) is 7.49. The average molecular weight is 355 g/mol. The summed E-state index contributed by atoms with van der Waals surface area (Å²) in [5.41, 5.74) is 3.80. The lowest BCUT2D eigenvalue weighted by Crippen LogP contribution is -1.82. The van der Waals surface area contributed by atoms with E-state index in [0.717, 1.165) is 22.0 Å². The van der Waals surface area contributed by atoms with Crippen LogP contribution in [-0.2, 0) is 0 Å². The van der Waals surface area contributed by atoms with Crippen molar-refractivity contribution in [3.05, 3.63) is 65.4 Å². The summed E-state index contributed by atoms with van der Waals surface area (Å²) in [5.74, 6) is -1.05. The summed E-state index contributed by atoms with van der Waals surface area (Å²) in [6.07, 6.45) is 0. The van der Waals surface area contributed by atoms with E-state index in [0.29, 0.717) is 11.3 Å². The Morgan fingerprint density at radius 1 is 0.840 bits per heavy atom. The van der Waals surface area contributed by atoms with E-state index in [1.165, 1.54) is 12.1 Å². The summed E-state index contributed by atoms with van der Waals surface area (Å²) < 4.78 is 13.2. The molecule has 0 radical (unpaired) electrons. The first-order valence-corrected chi connectivity index (χ1v) is 7.86. The van der Waals surface area contributed by atoms with Crippen LogP contribution in [0.15, 0.2) is 54.6 Å². The maximum Gasteiger partial charge on any atom is 0.164 e. The molecule has 0 amide bonds. The molecule has 3 aromatic carbocycles. The Labute approximate surface area is 147 Å². The molecule has 0 saturated heterocycles. The molecule has 0 atom stereocenters. The lowest BCUT2D eigenvalue weighted by Gasteiger charge is -2.05. The van der Waals surface area contributed by atoms with E-state index < -0.39 is 11.6 Å². The number of hydrogen-bond donors (Lipinski definition) is 3. The third-order valence-electron chi connectivity index (χ3n) is 4.06. The number of hydrogen-bond acceptors (Lipinski definition) is 3. The maximum atomic E-state index is 13.2. The molecule has 3 N–H and O–H groups in total. The van der Waals surface area contributed by atoms with Crippen LogP contribution in [0, 0.1) is 5.82 Å². The van der Waals surface area contributed by atoms with E-state index in [2.05, 4.69) is 10.2 Å². The fourth-order valence-corrected chi connectivity index (χ4v) is 2.95. The summed E-state index contributed by atoms with van der Waals surface area (Å²) in [5, 5.41) is 27.5. The van der Waals surface area contributed by atoms with Crippen LogP contribution < -0.4 is 0 Å². The molecule has 124 valence electrons. The summed E-state index contributed by atoms with van der Waals surface area (Å²) in [7, 11) is 0. The Bertz CT molecular complexity index is 1110.